The SMILES string of the molecule is CC(C)CCOc1cccc(NCC(=O)Nc2ccc(F)c(Cl)c2)c1. The van der Waals surface area contributed by atoms with Gasteiger partial charge in [-0.3, -0.25) is 4.79 Å². The van der Waals surface area contributed by atoms with Crippen molar-refractivity contribution in [1.29, 1.82) is 0 Å². The molecule has 0 aliphatic carbocycles. The maximum Gasteiger partial charge on any atom is 0.243 e. The molecule has 1 amide bonds. The summed E-state index contributed by atoms with van der Waals surface area (Å²) in [6.07, 6.45) is 0.986. The second kappa shape index (κ2) is 9.28. The maximum atomic E-state index is 13.1. The molecule has 4 nitrogen and oxygen atoms in total. The molecule has 0 aliphatic rings. The van der Waals surface area contributed by atoms with Gasteiger partial charge in [0.15, 0.2) is 0 Å². The number of benzene rings is 2. The maximum absolute atomic E-state index is 13.1. The highest BCUT2D eigenvalue weighted by atomic mass is 35.5. The molecule has 0 aromatic heterocycles. The van der Waals surface area contributed by atoms with Gasteiger partial charge in [-0.05, 0) is 42.7 Å². The van der Waals surface area contributed by atoms with Gasteiger partial charge in [0.05, 0.1) is 18.2 Å². The minimum Gasteiger partial charge on any atom is -0.494 e. The number of halogens is 2. The van der Waals surface area contributed by atoms with Crippen LogP contribution in [0.5, 0.6) is 5.75 Å². The molecule has 2 N–H and O–H groups in total. The van der Waals surface area contributed by atoms with Gasteiger partial charge in [-0.25, -0.2) is 4.39 Å². The van der Waals surface area contributed by atoms with Crippen molar-refractivity contribution in [2.75, 3.05) is 23.8 Å². The number of carbonyl (C=O) groups is 1. The quantitative estimate of drug-likeness (QED) is 0.696. The minimum atomic E-state index is -0.521. The monoisotopic (exact) mass is 364 g/mol. The molecule has 0 unspecified atom stereocenters. The van der Waals surface area contributed by atoms with Crippen LogP contribution in [0.3, 0.4) is 0 Å². The first-order chi connectivity index (χ1) is 11.9. The fourth-order valence-corrected chi connectivity index (χ4v) is 2.25. The van der Waals surface area contributed by atoms with Gasteiger partial charge in [-0.2, -0.15) is 0 Å². The van der Waals surface area contributed by atoms with Gasteiger partial charge in [-0.15, -0.1) is 0 Å². The summed E-state index contributed by atoms with van der Waals surface area (Å²) in [4.78, 5) is 12.0. The average molecular weight is 365 g/mol. The van der Waals surface area contributed by atoms with Crippen LogP contribution in [0, 0.1) is 11.7 Å². The lowest BCUT2D eigenvalue weighted by Gasteiger charge is -2.11. The minimum absolute atomic E-state index is 0.0305. The van der Waals surface area contributed by atoms with Crippen molar-refractivity contribution in [2.24, 2.45) is 5.92 Å². The van der Waals surface area contributed by atoms with Gasteiger partial charge < -0.3 is 15.4 Å². The van der Waals surface area contributed by atoms with Crippen LogP contribution in [0.2, 0.25) is 5.02 Å². The number of anilines is 2. The molecule has 0 fully saturated rings. The van der Waals surface area contributed by atoms with Crippen molar-refractivity contribution in [3.05, 3.63) is 53.3 Å². The van der Waals surface area contributed by atoms with Crippen molar-refractivity contribution in [3.63, 3.8) is 0 Å². The number of rotatable bonds is 8. The lowest BCUT2D eigenvalue weighted by Crippen LogP contribution is -2.21. The summed E-state index contributed by atoms with van der Waals surface area (Å²) < 4.78 is 18.8. The number of carbonyl (C=O) groups excluding carboxylic acids is 1. The third-order valence-corrected chi connectivity index (χ3v) is 3.74. The number of hydrogen-bond acceptors (Lipinski definition) is 3. The largest absolute Gasteiger partial charge is 0.494 e. The summed E-state index contributed by atoms with van der Waals surface area (Å²) >= 11 is 5.69. The third-order valence-electron chi connectivity index (χ3n) is 3.45. The summed E-state index contributed by atoms with van der Waals surface area (Å²) in [5.41, 5.74) is 1.23. The second-order valence-electron chi connectivity index (χ2n) is 6.09. The predicted molar refractivity (Wildman–Crippen MR) is 99.9 cm³/mol. The van der Waals surface area contributed by atoms with Crippen molar-refractivity contribution >= 4 is 28.9 Å². The zero-order valence-corrected chi connectivity index (χ0v) is 15.1. The Labute approximate surface area is 152 Å². The molecule has 0 bridgehead atoms. The van der Waals surface area contributed by atoms with E-state index in [1.807, 2.05) is 24.3 Å². The lowest BCUT2D eigenvalue weighted by atomic mass is 10.1. The zero-order valence-electron chi connectivity index (χ0n) is 14.3. The van der Waals surface area contributed by atoms with E-state index >= 15 is 0 Å². The van der Waals surface area contributed by atoms with Crippen LogP contribution >= 0.6 is 11.6 Å². The normalized spacial score (nSPS) is 10.6. The van der Waals surface area contributed by atoms with E-state index in [1.165, 1.54) is 18.2 Å². The standard InChI is InChI=1S/C19H22ClFN2O2/c1-13(2)8-9-25-16-5-3-4-14(10-16)22-12-19(24)23-15-6-7-18(21)17(20)11-15/h3-7,10-11,13,22H,8-9,12H2,1-2H3,(H,23,24). The average Bonchev–Trinajstić information content (AvgIpc) is 2.56. The molecule has 134 valence electrons. The van der Waals surface area contributed by atoms with Crippen LogP contribution in [0.1, 0.15) is 20.3 Å². The van der Waals surface area contributed by atoms with Gasteiger partial charge in [0.25, 0.3) is 0 Å². The Kier molecular flexibility index (Phi) is 7.07. The summed E-state index contributed by atoms with van der Waals surface area (Å²) in [7, 11) is 0. The Bertz CT molecular complexity index is 722. The molecule has 6 heteroatoms. The molecular weight excluding hydrogens is 343 g/mol. The first-order valence-corrected chi connectivity index (χ1v) is 8.53. The van der Waals surface area contributed by atoms with E-state index in [0.717, 1.165) is 17.9 Å². The van der Waals surface area contributed by atoms with E-state index in [2.05, 4.69) is 24.5 Å². The van der Waals surface area contributed by atoms with Crippen LogP contribution in [0.15, 0.2) is 42.5 Å². The Balaban J connectivity index is 1.83. The Morgan fingerprint density at radius 1 is 1.20 bits per heavy atom. The summed E-state index contributed by atoms with van der Waals surface area (Å²) in [6.45, 7) is 5.03. The molecule has 0 saturated carbocycles. The highest BCUT2D eigenvalue weighted by Crippen LogP contribution is 2.20. The van der Waals surface area contributed by atoms with Crippen LogP contribution in [-0.2, 0) is 4.79 Å². The zero-order chi connectivity index (χ0) is 18.2. The Morgan fingerprint density at radius 3 is 2.72 bits per heavy atom. The van der Waals surface area contributed by atoms with Crippen molar-refractivity contribution in [2.45, 2.75) is 20.3 Å². The molecule has 25 heavy (non-hydrogen) atoms. The van der Waals surface area contributed by atoms with E-state index in [4.69, 9.17) is 16.3 Å². The number of hydrogen-bond donors (Lipinski definition) is 2. The topological polar surface area (TPSA) is 50.4 Å². The van der Waals surface area contributed by atoms with Gasteiger partial charge >= 0.3 is 0 Å². The number of nitrogens with one attached hydrogen (secondary N) is 2. The highest BCUT2D eigenvalue weighted by molar-refractivity contribution is 6.31. The van der Waals surface area contributed by atoms with Crippen LogP contribution in [-0.4, -0.2) is 19.1 Å². The summed E-state index contributed by atoms with van der Waals surface area (Å²) in [5, 5.41) is 5.66. The highest BCUT2D eigenvalue weighted by Gasteiger charge is 2.06. The first kappa shape index (κ1) is 19.1. The van der Waals surface area contributed by atoms with Crippen LogP contribution in [0.25, 0.3) is 0 Å². The smallest absolute Gasteiger partial charge is 0.243 e. The van der Waals surface area contributed by atoms with Crippen molar-refractivity contribution in [1.82, 2.24) is 0 Å². The molecule has 0 heterocycles. The summed E-state index contributed by atoms with van der Waals surface area (Å²) in [5.74, 6) is 0.571. The van der Waals surface area contributed by atoms with Crippen LogP contribution in [0.4, 0.5) is 15.8 Å². The van der Waals surface area contributed by atoms with Gasteiger partial charge in [0.2, 0.25) is 5.91 Å². The Hall–Kier alpha value is -2.27. The van der Waals surface area contributed by atoms with E-state index in [1.54, 1.807) is 0 Å². The number of amides is 1. The fourth-order valence-electron chi connectivity index (χ4n) is 2.07. The molecule has 0 radical (unpaired) electrons. The van der Waals surface area contributed by atoms with Gasteiger partial charge in [0, 0.05) is 17.4 Å². The number of ether oxygens (including phenoxy) is 1. The van der Waals surface area contributed by atoms with Crippen molar-refractivity contribution < 1.29 is 13.9 Å². The fraction of sp³-hybridized carbons (Fsp3) is 0.316. The van der Waals surface area contributed by atoms with E-state index < -0.39 is 5.82 Å². The van der Waals surface area contributed by atoms with Gasteiger partial charge in [-0.1, -0.05) is 31.5 Å². The molecule has 0 saturated heterocycles. The lowest BCUT2D eigenvalue weighted by molar-refractivity contribution is -0.114. The van der Waals surface area contributed by atoms with Gasteiger partial charge in [0.1, 0.15) is 11.6 Å². The molecule has 2 aromatic rings. The molecule has 2 aromatic carbocycles. The first-order valence-electron chi connectivity index (χ1n) is 8.15. The van der Waals surface area contributed by atoms with Crippen molar-refractivity contribution in [3.8, 4) is 5.75 Å². The Morgan fingerprint density at radius 2 is 2.00 bits per heavy atom. The summed E-state index contributed by atoms with van der Waals surface area (Å²) in [6, 6.07) is 11.5. The van der Waals surface area contributed by atoms with E-state index in [9.17, 15) is 9.18 Å². The molecule has 0 spiro atoms. The predicted octanol–water partition coefficient (Wildman–Crippen LogP) is 4.95. The molecule has 0 atom stereocenters. The van der Waals surface area contributed by atoms with Crippen LogP contribution < -0.4 is 15.4 Å². The molecular formula is C19H22ClFN2O2. The molecule has 0 aliphatic heterocycles. The second-order valence-corrected chi connectivity index (χ2v) is 6.50. The third kappa shape index (κ3) is 6.63. The van der Waals surface area contributed by atoms with E-state index in [0.29, 0.717) is 18.2 Å². The van der Waals surface area contributed by atoms with E-state index in [-0.39, 0.29) is 17.5 Å². The molecule has 2 rings (SSSR count).